The standard InChI is InChI=1S/C18H23ClN6/c1-13-5-6-14(10-22-13)11-23-18(20-2)24-15-7-9-25(12-15)17-16(19)4-3-8-21-17/h3-6,8,10,15H,7,9,11-12H2,1-2H3,(H2,20,23,24). The highest BCUT2D eigenvalue weighted by molar-refractivity contribution is 6.32. The molecule has 6 nitrogen and oxygen atoms in total. The van der Waals surface area contributed by atoms with Crippen LogP contribution in [0, 0.1) is 6.92 Å². The van der Waals surface area contributed by atoms with E-state index in [0.717, 1.165) is 42.5 Å². The molecule has 2 aromatic heterocycles. The summed E-state index contributed by atoms with van der Waals surface area (Å²) in [6.07, 6.45) is 4.67. The zero-order chi connectivity index (χ0) is 17.6. The molecule has 132 valence electrons. The monoisotopic (exact) mass is 358 g/mol. The van der Waals surface area contributed by atoms with Crippen LogP contribution in [0.1, 0.15) is 17.7 Å². The van der Waals surface area contributed by atoms with Crippen molar-refractivity contribution in [3.8, 4) is 0 Å². The van der Waals surface area contributed by atoms with Gasteiger partial charge in [-0.1, -0.05) is 17.7 Å². The second kappa shape index (κ2) is 8.16. The van der Waals surface area contributed by atoms with Crippen molar-refractivity contribution in [1.82, 2.24) is 20.6 Å². The number of hydrogen-bond acceptors (Lipinski definition) is 4. The number of pyridine rings is 2. The summed E-state index contributed by atoms with van der Waals surface area (Å²) in [4.78, 5) is 15.2. The molecule has 0 bridgehead atoms. The van der Waals surface area contributed by atoms with E-state index in [4.69, 9.17) is 11.6 Å². The third-order valence-electron chi connectivity index (χ3n) is 4.22. The summed E-state index contributed by atoms with van der Waals surface area (Å²) in [5.41, 5.74) is 2.15. The van der Waals surface area contributed by atoms with E-state index in [1.165, 1.54) is 0 Å². The summed E-state index contributed by atoms with van der Waals surface area (Å²) >= 11 is 6.25. The van der Waals surface area contributed by atoms with E-state index in [-0.39, 0.29) is 0 Å². The van der Waals surface area contributed by atoms with Crippen LogP contribution in [0.15, 0.2) is 41.7 Å². The molecule has 7 heteroatoms. The van der Waals surface area contributed by atoms with Gasteiger partial charge in [-0.2, -0.15) is 0 Å². The lowest BCUT2D eigenvalue weighted by atomic mass is 10.2. The van der Waals surface area contributed by atoms with Gasteiger partial charge in [0, 0.05) is 50.8 Å². The maximum Gasteiger partial charge on any atom is 0.191 e. The Morgan fingerprint density at radius 3 is 2.96 bits per heavy atom. The van der Waals surface area contributed by atoms with E-state index in [9.17, 15) is 0 Å². The van der Waals surface area contributed by atoms with E-state index >= 15 is 0 Å². The van der Waals surface area contributed by atoms with Gasteiger partial charge in [-0.25, -0.2) is 4.98 Å². The third kappa shape index (κ3) is 4.60. The number of anilines is 1. The van der Waals surface area contributed by atoms with Crippen LogP contribution in [-0.2, 0) is 6.54 Å². The van der Waals surface area contributed by atoms with Crippen LogP contribution in [0.4, 0.5) is 5.82 Å². The van der Waals surface area contributed by atoms with Crippen LogP contribution >= 0.6 is 11.6 Å². The number of guanidine groups is 1. The molecule has 0 aromatic carbocycles. The average Bonchev–Trinajstić information content (AvgIpc) is 3.08. The first-order chi connectivity index (χ1) is 12.2. The number of hydrogen-bond donors (Lipinski definition) is 2. The molecule has 0 saturated carbocycles. The second-order valence-electron chi connectivity index (χ2n) is 6.12. The first-order valence-electron chi connectivity index (χ1n) is 8.40. The van der Waals surface area contributed by atoms with Crippen LogP contribution in [0.25, 0.3) is 0 Å². The summed E-state index contributed by atoms with van der Waals surface area (Å²) in [6.45, 7) is 4.45. The Labute approximate surface area is 153 Å². The fourth-order valence-electron chi connectivity index (χ4n) is 2.86. The van der Waals surface area contributed by atoms with Gasteiger partial charge in [0.15, 0.2) is 5.96 Å². The third-order valence-corrected chi connectivity index (χ3v) is 4.52. The van der Waals surface area contributed by atoms with Crippen molar-refractivity contribution in [2.24, 2.45) is 4.99 Å². The molecular formula is C18H23ClN6. The van der Waals surface area contributed by atoms with E-state index in [1.807, 2.05) is 31.3 Å². The summed E-state index contributed by atoms with van der Waals surface area (Å²) in [5, 5.41) is 7.50. The maximum absolute atomic E-state index is 6.25. The molecule has 0 spiro atoms. The van der Waals surface area contributed by atoms with Gasteiger partial charge in [0.1, 0.15) is 5.82 Å². The minimum atomic E-state index is 0.306. The van der Waals surface area contributed by atoms with Crippen LogP contribution in [0.5, 0.6) is 0 Å². The zero-order valence-electron chi connectivity index (χ0n) is 14.5. The number of rotatable bonds is 4. The molecule has 0 aliphatic carbocycles. The summed E-state index contributed by atoms with van der Waals surface area (Å²) < 4.78 is 0. The predicted octanol–water partition coefficient (Wildman–Crippen LogP) is 2.38. The lowest BCUT2D eigenvalue weighted by Crippen LogP contribution is -2.44. The van der Waals surface area contributed by atoms with E-state index < -0.39 is 0 Å². The second-order valence-corrected chi connectivity index (χ2v) is 6.53. The zero-order valence-corrected chi connectivity index (χ0v) is 15.3. The molecule has 0 radical (unpaired) electrons. The topological polar surface area (TPSA) is 65.4 Å². The molecule has 1 saturated heterocycles. The largest absolute Gasteiger partial charge is 0.353 e. The fraction of sp³-hybridized carbons (Fsp3) is 0.389. The first kappa shape index (κ1) is 17.5. The smallest absolute Gasteiger partial charge is 0.191 e. The highest BCUT2D eigenvalue weighted by atomic mass is 35.5. The number of aromatic nitrogens is 2. The molecular weight excluding hydrogens is 336 g/mol. The molecule has 2 aromatic rings. The molecule has 1 unspecified atom stereocenters. The van der Waals surface area contributed by atoms with E-state index in [0.29, 0.717) is 17.6 Å². The van der Waals surface area contributed by atoms with Crippen molar-refractivity contribution < 1.29 is 0 Å². The number of aryl methyl sites for hydroxylation is 1. The van der Waals surface area contributed by atoms with Crippen LogP contribution in [0.3, 0.4) is 0 Å². The number of halogens is 1. The molecule has 2 N–H and O–H groups in total. The first-order valence-corrected chi connectivity index (χ1v) is 8.77. The molecule has 1 fully saturated rings. The SMILES string of the molecule is CN=C(NCc1ccc(C)nc1)NC1CCN(c2ncccc2Cl)C1. The minimum absolute atomic E-state index is 0.306. The molecule has 1 aliphatic heterocycles. The number of nitrogens with one attached hydrogen (secondary N) is 2. The Kier molecular flexibility index (Phi) is 5.71. The van der Waals surface area contributed by atoms with Gasteiger partial charge in [0.2, 0.25) is 0 Å². The van der Waals surface area contributed by atoms with Gasteiger partial charge in [-0.3, -0.25) is 9.98 Å². The molecule has 1 aliphatic rings. The summed E-state index contributed by atoms with van der Waals surface area (Å²) in [6, 6.07) is 8.12. The molecule has 3 heterocycles. The van der Waals surface area contributed by atoms with Crippen LogP contribution in [-0.4, -0.2) is 42.1 Å². The van der Waals surface area contributed by atoms with Gasteiger partial charge >= 0.3 is 0 Å². The molecule has 0 amide bonds. The van der Waals surface area contributed by atoms with Crippen molar-refractivity contribution in [3.05, 3.63) is 52.9 Å². The highest BCUT2D eigenvalue weighted by Gasteiger charge is 2.25. The normalized spacial score (nSPS) is 17.6. The van der Waals surface area contributed by atoms with Crippen molar-refractivity contribution in [2.45, 2.75) is 25.9 Å². The van der Waals surface area contributed by atoms with Gasteiger partial charge in [0.25, 0.3) is 0 Å². The lowest BCUT2D eigenvalue weighted by molar-refractivity contribution is 0.648. The summed E-state index contributed by atoms with van der Waals surface area (Å²) in [5.74, 6) is 1.64. The Bertz CT molecular complexity index is 731. The average molecular weight is 359 g/mol. The van der Waals surface area contributed by atoms with Crippen LogP contribution < -0.4 is 15.5 Å². The lowest BCUT2D eigenvalue weighted by Gasteiger charge is -2.20. The van der Waals surface area contributed by atoms with Crippen molar-refractivity contribution in [2.75, 3.05) is 25.0 Å². The van der Waals surface area contributed by atoms with Crippen molar-refractivity contribution in [1.29, 1.82) is 0 Å². The highest BCUT2D eigenvalue weighted by Crippen LogP contribution is 2.25. The minimum Gasteiger partial charge on any atom is -0.353 e. The van der Waals surface area contributed by atoms with Crippen molar-refractivity contribution >= 4 is 23.4 Å². The fourth-order valence-corrected chi connectivity index (χ4v) is 3.10. The molecule has 3 rings (SSSR count). The number of nitrogens with zero attached hydrogens (tertiary/aromatic N) is 4. The van der Waals surface area contributed by atoms with Gasteiger partial charge < -0.3 is 15.5 Å². The molecule has 1 atom stereocenters. The Morgan fingerprint density at radius 2 is 2.24 bits per heavy atom. The van der Waals surface area contributed by atoms with Crippen LogP contribution in [0.2, 0.25) is 5.02 Å². The number of aliphatic imine (C=N–C) groups is 1. The van der Waals surface area contributed by atoms with E-state index in [1.54, 1.807) is 13.2 Å². The van der Waals surface area contributed by atoms with Gasteiger partial charge in [-0.05, 0) is 37.1 Å². The Morgan fingerprint density at radius 1 is 1.36 bits per heavy atom. The molecule has 25 heavy (non-hydrogen) atoms. The van der Waals surface area contributed by atoms with Gasteiger partial charge in [-0.15, -0.1) is 0 Å². The predicted molar refractivity (Wildman–Crippen MR) is 102 cm³/mol. The maximum atomic E-state index is 6.25. The van der Waals surface area contributed by atoms with E-state index in [2.05, 4.69) is 36.6 Å². The van der Waals surface area contributed by atoms with Crippen molar-refractivity contribution in [3.63, 3.8) is 0 Å². The quantitative estimate of drug-likeness (QED) is 0.649. The Hall–Kier alpha value is -2.34. The van der Waals surface area contributed by atoms with Gasteiger partial charge in [0.05, 0.1) is 5.02 Å². The Balaban J connectivity index is 1.53. The summed E-state index contributed by atoms with van der Waals surface area (Å²) in [7, 11) is 1.78.